The molecule has 6 heteroatoms. The lowest BCUT2D eigenvalue weighted by Gasteiger charge is -2.36. The van der Waals surface area contributed by atoms with E-state index in [0.29, 0.717) is 24.2 Å². The Balaban J connectivity index is 1.81. The maximum Gasteiger partial charge on any atom is 0.253 e. The summed E-state index contributed by atoms with van der Waals surface area (Å²) in [6.07, 6.45) is 5.74. The van der Waals surface area contributed by atoms with Crippen molar-refractivity contribution >= 4 is 11.8 Å². The zero-order chi connectivity index (χ0) is 17.7. The average molecular weight is 339 g/mol. The number of nitrogens with zero attached hydrogens (tertiary/aromatic N) is 1. The largest absolute Gasteiger partial charge is 0.353 e. The number of carbonyl (C=O) groups excluding carboxylic acids is 2. The van der Waals surface area contributed by atoms with E-state index < -0.39 is 6.29 Å². The highest BCUT2D eigenvalue weighted by molar-refractivity contribution is 6.12. The van der Waals surface area contributed by atoms with E-state index in [1.165, 1.54) is 30.6 Å². The van der Waals surface area contributed by atoms with Gasteiger partial charge in [0.2, 0.25) is 0 Å². The van der Waals surface area contributed by atoms with Crippen molar-refractivity contribution in [1.29, 1.82) is 0 Å². The van der Waals surface area contributed by atoms with Crippen molar-refractivity contribution in [3.05, 3.63) is 12.2 Å². The van der Waals surface area contributed by atoms with Gasteiger partial charge in [-0.15, -0.1) is 0 Å². The molecule has 0 bridgehead atoms. The Morgan fingerprint density at radius 1 is 1.21 bits per heavy atom. The van der Waals surface area contributed by atoms with E-state index >= 15 is 0 Å². The van der Waals surface area contributed by atoms with Crippen LogP contribution in [0.3, 0.4) is 0 Å². The van der Waals surface area contributed by atoms with E-state index in [-0.39, 0.29) is 24.5 Å². The molecule has 0 saturated heterocycles. The van der Waals surface area contributed by atoms with Crippen LogP contribution in [0.1, 0.15) is 46.5 Å². The predicted octanol–water partition coefficient (Wildman–Crippen LogP) is 2.68. The third-order valence-corrected chi connectivity index (χ3v) is 5.00. The van der Waals surface area contributed by atoms with Crippen molar-refractivity contribution in [2.45, 2.75) is 58.8 Å². The Morgan fingerprint density at radius 2 is 1.88 bits per heavy atom. The maximum atomic E-state index is 11.6. The maximum absolute atomic E-state index is 11.6. The minimum Gasteiger partial charge on any atom is -0.353 e. The van der Waals surface area contributed by atoms with Gasteiger partial charge in [0.25, 0.3) is 11.8 Å². The van der Waals surface area contributed by atoms with E-state index in [0.717, 1.165) is 12.8 Å². The zero-order valence-corrected chi connectivity index (χ0v) is 15.1. The summed E-state index contributed by atoms with van der Waals surface area (Å²) in [5, 5.41) is 0. The van der Waals surface area contributed by atoms with Gasteiger partial charge in [0, 0.05) is 32.2 Å². The molecule has 6 nitrogen and oxygen atoms in total. The van der Waals surface area contributed by atoms with Gasteiger partial charge in [0.1, 0.15) is 0 Å². The Hall–Kier alpha value is -1.24. The van der Waals surface area contributed by atoms with Crippen LogP contribution in [0.25, 0.3) is 0 Å². The topological polar surface area (TPSA) is 65.1 Å². The first-order chi connectivity index (χ1) is 11.4. The van der Waals surface area contributed by atoms with Crippen molar-refractivity contribution in [2.75, 3.05) is 13.7 Å². The molecule has 0 aromatic carbocycles. The molecule has 0 spiro atoms. The van der Waals surface area contributed by atoms with Gasteiger partial charge in [-0.1, -0.05) is 27.2 Å². The van der Waals surface area contributed by atoms with Crippen LogP contribution in [0.2, 0.25) is 0 Å². The molecule has 0 radical (unpaired) electrons. The minimum atomic E-state index is -0.601. The molecule has 1 aliphatic carbocycles. The highest BCUT2D eigenvalue weighted by atomic mass is 17.2. The standard InChI is InChI=1S/C18H29NO5/c1-12(2)14-6-5-13(3)11-15(14)23-24-18(22-4)9-10-19-16(20)7-8-17(19)21/h7-8,12-15,18H,5-6,9-11H2,1-4H3. The second-order valence-corrected chi connectivity index (χ2v) is 7.17. The fraction of sp³-hybridized carbons (Fsp3) is 0.778. The van der Waals surface area contributed by atoms with Crippen LogP contribution in [-0.4, -0.2) is 42.8 Å². The van der Waals surface area contributed by atoms with Crippen molar-refractivity contribution < 1.29 is 24.1 Å². The van der Waals surface area contributed by atoms with Crippen LogP contribution in [0.4, 0.5) is 0 Å². The molecule has 4 atom stereocenters. The summed E-state index contributed by atoms with van der Waals surface area (Å²) in [6, 6.07) is 0. The Kier molecular flexibility index (Phi) is 6.95. The predicted molar refractivity (Wildman–Crippen MR) is 88.6 cm³/mol. The third kappa shape index (κ3) is 4.88. The van der Waals surface area contributed by atoms with E-state index in [4.69, 9.17) is 14.5 Å². The summed E-state index contributed by atoms with van der Waals surface area (Å²) < 4.78 is 5.28. The van der Waals surface area contributed by atoms with Crippen molar-refractivity contribution in [3.63, 3.8) is 0 Å². The average Bonchev–Trinajstić information content (AvgIpc) is 2.86. The van der Waals surface area contributed by atoms with Gasteiger partial charge in [0.15, 0.2) is 6.29 Å². The molecule has 24 heavy (non-hydrogen) atoms. The Morgan fingerprint density at radius 3 is 2.46 bits per heavy atom. The lowest BCUT2D eigenvalue weighted by molar-refractivity contribution is -0.407. The molecule has 1 saturated carbocycles. The molecule has 2 aliphatic rings. The van der Waals surface area contributed by atoms with E-state index in [1.54, 1.807) is 0 Å². The van der Waals surface area contributed by atoms with Gasteiger partial charge in [-0.25, -0.2) is 9.78 Å². The molecule has 136 valence electrons. The molecule has 0 N–H and O–H groups in total. The van der Waals surface area contributed by atoms with E-state index in [1.807, 2.05) is 0 Å². The molecular weight excluding hydrogens is 310 g/mol. The van der Waals surface area contributed by atoms with Crippen LogP contribution in [0.15, 0.2) is 12.2 Å². The third-order valence-electron chi connectivity index (χ3n) is 5.00. The first kappa shape index (κ1) is 19.1. The smallest absolute Gasteiger partial charge is 0.253 e. The lowest BCUT2D eigenvalue weighted by Crippen LogP contribution is -2.37. The summed E-state index contributed by atoms with van der Waals surface area (Å²) >= 11 is 0. The van der Waals surface area contributed by atoms with Crippen LogP contribution < -0.4 is 0 Å². The number of carbonyl (C=O) groups is 2. The van der Waals surface area contributed by atoms with Crippen molar-refractivity contribution in [1.82, 2.24) is 4.90 Å². The molecular formula is C18H29NO5. The number of ether oxygens (including phenoxy) is 1. The quantitative estimate of drug-likeness (QED) is 0.294. The van der Waals surface area contributed by atoms with Crippen LogP contribution in [0, 0.1) is 17.8 Å². The highest BCUT2D eigenvalue weighted by Gasteiger charge is 2.33. The highest BCUT2D eigenvalue weighted by Crippen LogP contribution is 2.35. The van der Waals surface area contributed by atoms with Gasteiger partial charge in [-0.3, -0.25) is 14.5 Å². The number of rotatable bonds is 8. The van der Waals surface area contributed by atoms with Gasteiger partial charge in [0.05, 0.1) is 6.10 Å². The summed E-state index contributed by atoms with van der Waals surface area (Å²) in [6.45, 7) is 6.91. The SMILES string of the molecule is COC(CCN1C(=O)C=CC1=O)OOC1CC(C)CCC1C(C)C. The molecule has 0 aromatic rings. The summed E-state index contributed by atoms with van der Waals surface area (Å²) in [7, 11) is 1.53. The number of methoxy groups -OCH3 is 1. The molecule has 2 amide bonds. The Labute approximate surface area is 144 Å². The second-order valence-electron chi connectivity index (χ2n) is 7.17. The van der Waals surface area contributed by atoms with Gasteiger partial charge in [-0.05, 0) is 30.6 Å². The monoisotopic (exact) mass is 339 g/mol. The molecule has 0 aromatic heterocycles. The normalized spacial score (nSPS) is 28.9. The first-order valence-electron chi connectivity index (χ1n) is 8.80. The van der Waals surface area contributed by atoms with Gasteiger partial charge < -0.3 is 4.74 Å². The van der Waals surface area contributed by atoms with E-state index in [9.17, 15) is 9.59 Å². The molecule has 1 aliphatic heterocycles. The van der Waals surface area contributed by atoms with E-state index in [2.05, 4.69) is 20.8 Å². The minimum absolute atomic E-state index is 0.0584. The van der Waals surface area contributed by atoms with Gasteiger partial charge in [-0.2, -0.15) is 0 Å². The molecule has 4 unspecified atom stereocenters. The van der Waals surface area contributed by atoms with Crippen molar-refractivity contribution in [2.24, 2.45) is 17.8 Å². The second kappa shape index (κ2) is 8.74. The lowest BCUT2D eigenvalue weighted by atomic mass is 9.75. The van der Waals surface area contributed by atoms with Crippen LogP contribution in [0.5, 0.6) is 0 Å². The Bertz CT molecular complexity index is 458. The summed E-state index contributed by atoms with van der Waals surface area (Å²) in [4.78, 5) is 35.5. The zero-order valence-electron chi connectivity index (χ0n) is 15.1. The number of hydrogen-bond donors (Lipinski definition) is 0. The number of amides is 2. The van der Waals surface area contributed by atoms with Crippen LogP contribution >= 0.6 is 0 Å². The fourth-order valence-corrected chi connectivity index (χ4v) is 3.45. The fourth-order valence-electron chi connectivity index (χ4n) is 3.45. The summed E-state index contributed by atoms with van der Waals surface area (Å²) in [5.74, 6) is 1.05. The molecule has 1 heterocycles. The van der Waals surface area contributed by atoms with Crippen LogP contribution in [-0.2, 0) is 24.1 Å². The van der Waals surface area contributed by atoms with Crippen molar-refractivity contribution in [3.8, 4) is 0 Å². The number of hydrogen-bond acceptors (Lipinski definition) is 5. The molecule has 1 fully saturated rings. The first-order valence-corrected chi connectivity index (χ1v) is 8.80. The summed E-state index contributed by atoms with van der Waals surface area (Å²) in [5.41, 5.74) is 0. The number of imide groups is 1. The molecule has 2 rings (SSSR count). The van der Waals surface area contributed by atoms with Gasteiger partial charge >= 0.3 is 0 Å².